The predicted octanol–water partition coefficient (Wildman–Crippen LogP) is 6.28. The van der Waals surface area contributed by atoms with E-state index in [2.05, 4.69) is 26.6 Å². The smallest absolute Gasteiger partial charge is 0.266 e. The van der Waals surface area contributed by atoms with Crippen LogP contribution in [-0.4, -0.2) is 18.4 Å². The van der Waals surface area contributed by atoms with E-state index in [1.807, 2.05) is 38.1 Å². The van der Waals surface area contributed by atoms with E-state index in [1.165, 1.54) is 6.08 Å². The van der Waals surface area contributed by atoms with Crippen molar-refractivity contribution in [3.05, 3.63) is 92.4 Å². The summed E-state index contributed by atoms with van der Waals surface area (Å²) in [7, 11) is 0. The first-order valence-corrected chi connectivity index (χ1v) is 11.4. The lowest BCUT2D eigenvalue weighted by Crippen LogP contribution is -2.20. The van der Waals surface area contributed by atoms with Gasteiger partial charge in [-0.25, -0.2) is 0 Å². The molecule has 0 aliphatic heterocycles. The van der Waals surface area contributed by atoms with Gasteiger partial charge in [0.2, 0.25) is 0 Å². The first kappa shape index (κ1) is 25.0. The van der Waals surface area contributed by atoms with Gasteiger partial charge in [0.15, 0.2) is 6.61 Å². The summed E-state index contributed by atoms with van der Waals surface area (Å²) in [5, 5.41) is 15.5. The molecule has 172 valence electrons. The number of amides is 2. The quantitative estimate of drug-likeness (QED) is 0.273. The SMILES string of the molecule is Cc1ccc(C)c(NC(=O)COc2ccc(/C=C(/C#N)C(=O)Nc3ccc(Cl)cc3)cc2Br)c1. The molecule has 2 N–H and O–H groups in total. The molecule has 6 nitrogen and oxygen atoms in total. The topological polar surface area (TPSA) is 91.2 Å². The number of hydrogen-bond donors (Lipinski definition) is 2. The van der Waals surface area contributed by atoms with Gasteiger partial charge in [0, 0.05) is 16.4 Å². The van der Waals surface area contributed by atoms with Crippen molar-refractivity contribution in [2.45, 2.75) is 13.8 Å². The standard InChI is InChI=1S/C26H21BrClN3O3/c1-16-3-4-17(2)23(11-16)31-25(32)15-34-24-10-5-18(13-22(24)27)12-19(14-29)26(33)30-21-8-6-20(28)7-9-21/h3-13H,15H2,1-2H3,(H,30,33)(H,31,32)/b19-12-. The van der Waals surface area contributed by atoms with E-state index in [1.54, 1.807) is 42.5 Å². The number of hydrogen-bond acceptors (Lipinski definition) is 4. The Balaban J connectivity index is 1.64. The fraction of sp³-hybridized carbons (Fsp3) is 0.115. The average molecular weight is 539 g/mol. The van der Waals surface area contributed by atoms with Crippen LogP contribution in [0.3, 0.4) is 0 Å². The number of nitrogens with one attached hydrogen (secondary N) is 2. The fourth-order valence-corrected chi connectivity index (χ4v) is 3.61. The second-order valence-electron chi connectivity index (χ2n) is 7.48. The van der Waals surface area contributed by atoms with Crippen LogP contribution < -0.4 is 15.4 Å². The molecule has 0 radical (unpaired) electrons. The number of nitriles is 1. The molecule has 8 heteroatoms. The van der Waals surface area contributed by atoms with Crippen molar-refractivity contribution in [3.63, 3.8) is 0 Å². The minimum atomic E-state index is -0.538. The number of ether oxygens (including phenoxy) is 1. The fourth-order valence-electron chi connectivity index (χ4n) is 2.97. The van der Waals surface area contributed by atoms with Crippen LogP contribution >= 0.6 is 27.5 Å². The Bertz CT molecular complexity index is 1300. The van der Waals surface area contributed by atoms with Crippen LogP contribution in [0, 0.1) is 25.2 Å². The third kappa shape index (κ3) is 6.95. The monoisotopic (exact) mass is 537 g/mol. The van der Waals surface area contributed by atoms with Gasteiger partial charge in [0.25, 0.3) is 11.8 Å². The van der Waals surface area contributed by atoms with Gasteiger partial charge in [0.1, 0.15) is 17.4 Å². The molecule has 0 atom stereocenters. The van der Waals surface area contributed by atoms with Crippen LogP contribution in [0.1, 0.15) is 16.7 Å². The first-order valence-electron chi connectivity index (χ1n) is 10.2. The first-order chi connectivity index (χ1) is 16.2. The molecular formula is C26H21BrClN3O3. The molecule has 0 aliphatic rings. The van der Waals surface area contributed by atoms with Crippen LogP contribution in [0.25, 0.3) is 6.08 Å². The van der Waals surface area contributed by atoms with Gasteiger partial charge in [-0.1, -0.05) is 29.8 Å². The lowest BCUT2D eigenvalue weighted by Gasteiger charge is -2.11. The van der Waals surface area contributed by atoms with E-state index in [0.717, 1.165) is 16.8 Å². The van der Waals surface area contributed by atoms with E-state index < -0.39 is 5.91 Å². The Morgan fingerprint density at radius 2 is 1.79 bits per heavy atom. The molecule has 0 unspecified atom stereocenters. The van der Waals surface area contributed by atoms with Crippen LogP contribution in [0.15, 0.2) is 70.7 Å². The van der Waals surface area contributed by atoms with Gasteiger partial charge < -0.3 is 15.4 Å². The molecule has 2 amide bonds. The van der Waals surface area contributed by atoms with Gasteiger partial charge in [0.05, 0.1) is 4.47 Å². The maximum Gasteiger partial charge on any atom is 0.266 e. The number of carbonyl (C=O) groups is 2. The van der Waals surface area contributed by atoms with Crippen LogP contribution in [0.4, 0.5) is 11.4 Å². The zero-order chi connectivity index (χ0) is 24.7. The molecule has 34 heavy (non-hydrogen) atoms. The van der Waals surface area contributed by atoms with E-state index >= 15 is 0 Å². The van der Waals surface area contributed by atoms with Crippen molar-refractivity contribution in [2.75, 3.05) is 17.2 Å². The Labute approximate surface area is 211 Å². The summed E-state index contributed by atoms with van der Waals surface area (Å²) in [6, 6.07) is 19.4. The zero-order valence-electron chi connectivity index (χ0n) is 18.5. The second-order valence-corrected chi connectivity index (χ2v) is 8.77. The molecule has 0 aliphatic carbocycles. The molecule has 0 saturated carbocycles. The predicted molar refractivity (Wildman–Crippen MR) is 138 cm³/mol. The van der Waals surface area contributed by atoms with E-state index in [4.69, 9.17) is 16.3 Å². The third-order valence-corrected chi connectivity index (χ3v) is 5.63. The molecule has 3 rings (SSSR count). The normalized spacial score (nSPS) is 10.9. The van der Waals surface area contributed by atoms with Gasteiger partial charge in [-0.3, -0.25) is 9.59 Å². The van der Waals surface area contributed by atoms with Crippen molar-refractivity contribution in [3.8, 4) is 11.8 Å². The Hall–Kier alpha value is -3.60. The van der Waals surface area contributed by atoms with Crippen molar-refractivity contribution in [1.29, 1.82) is 5.26 Å². The largest absolute Gasteiger partial charge is 0.483 e. The third-order valence-electron chi connectivity index (χ3n) is 4.76. The number of carbonyl (C=O) groups excluding carboxylic acids is 2. The molecule has 0 spiro atoms. The second kappa shape index (κ2) is 11.5. The number of rotatable bonds is 7. The lowest BCUT2D eigenvalue weighted by molar-refractivity contribution is -0.118. The number of benzene rings is 3. The lowest BCUT2D eigenvalue weighted by atomic mass is 10.1. The zero-order valence-corrected chi connectivity index (χ0v) is 20.8. The van der Waals surface area contributed by atoms with Crippen molar-refractivity contribution in [2.24, 2.45) is 0 Å². The van der Waals surface area contributed by atoms with Gasteiger partial charge >= 0.3 is 0 Å². The van der Waals surface area contributed by atoms with Gasteiger partial charge in [-0.05, 0) is 95.0 Å². The summed E-state index contributed by atoms with van der Waals surface area (Å²) in [5.74, 6) is -0.364. The van der Waals surface area contributed by atoms with E-state index in [-0.39, 0.29) is 18.1 Å². The summed E-state index contributed by atoms with van der Waals surface area (Å²) in [6.45, 7) is 3.70. The van der Waals surface area contributed by atoms with Gasteiger partial charge in [-0.15, -0.1) is 0 Å². The minimum absolute atomic E-state index is 0.0663. The van der Waals surface area contributed by atoms with Crippen LogP contribution in [0.2, 0.25) is 5.02 Å². The average Bonchev–Trinajstić information content (AvgIpc) is 2.80. The van der Waals surface area contributed by atoms with Crippen molar-refractivity contribution < 1.29 is 14.3 Å². The Morgan fingerprint density at radius 3 is 2.47 bits per heavy atom. The summed E-state index contributed by atoms with van der Waals surface area (Å²) >= 11 is 9.26. The minimum Gasteiger partial charge on any atom is -0.483 e. The molecular weight excluding hydrogens is 518 g/mol. The molecule has 3 aromatic rings. The Morgan fingerprint density at radius 1 is 1.06 bits per heavy atom. The van der Waals surface area contributed by atoms with E-state index in [0.29, 0.717) is 26.5 Å². The number of nitrogens with zero attached hydrogens (tertiary/aromatic N) is 1. The number of halogens is 2. The molecule has 0 fully saturated rings. The molecule has 0 bridgehead atoms. The Kier molecular flexibility index (Phi) is 8.47. The van der Waals surface area contributed by atoms with E-state index in [9.17, 15) is 14.9 Å². The highest BCUT2D eigenvalue weighted by atomic mass is 79.9. The highest BCUT2D eigenvalue weighted by Crippen LogP contribution is 2.27. The molecule has 0 heterocycles. The summed E-state index contributed by atoms with van der Waals surface area (Å²) in [5.41, 5.74) is 3.83. The molecule has 0 aromatic heterocycles. The highest BCUT2D eigenvalue weighted by Gasteiger charge is 2.12. The maximum atomic E-state index is 12.4. The number of aryl methyl sites for hydroxylation is 2. The summed E-state index contributed by atoms with van der Waals surface area (Å²) < 4.78 is 6.21. The van der Waals surface area contributed by atoms with Crippen LogP contribution in [0.5, 0.6) is 5.75 Å². The highest BCUT2D eigenvalue weighted by molar-refractivity contribution is 9.10. The van der Waals surface area contributed by atoms with Crippen molar-refractivity contribution >= 4 is 56.8 Å². The van der Waals surface area contributed by atoms with Crippen molar-refractivity contribution in [1.82, 2.24) is 0 Å². The maximum absolute atomic E-state index is 12.4. The molecule has 3 aromatic carbocycles. The summed E-state index contributed by atoms with van der Waals surface area (Å²) in [6.07, 6.45) is 1.47. The summed E-state index contributed by atoms with van der Waals surface area (Å²) in [4.78, 5) is 24.7. The van der Waals surface area contributed by atoms with Crippen LogP contribution in [-0.2, 0) is 9.59 Å². The van der Waals surface area contributed by atoms with Gasteiger partial charge in [-0.2, -0.15) is 5.26 Å². The number of anilines is 2. The molecule has 0 saturated heterocycles.